The van der Waals surface area contributed by atoms with E-state index in [4.69, 9.17) is 34.8 Å². The van der Waals surface area contributed by atoms with Crippen LogP contribution >= 0.6 is 34.8 Å². The smallest absolute Gasteiger partial charge is 0.279 e. The summed E-state index contributed by atoms with van der Waals surface area (Å²) < 4.78 is 0. The van der Waals surface area contributed by atoms with Gasteiger partial charge >= 0.3 is 0 Å². The Morgan fingerprint density at radius 2 is 1.82 bits per heavy atom. The Labute approximate surface area is 144 Å². The van der Waals surface area contributed by atoms with Crippen LogP contribution in [0.5, 0.6) is 0 Å². The van der Waals surface area contributed by atoms with Gasteiger partial charge in [-0.3, -0.25) is 4.79 Å². The molecule has 0 spiro atoms. The van der Waals surface area contributed by atoms with Crippen molar-refractivity contribution in [2.75, 3.05) is 11.9 Å². The molecule has 1 atom stereocenters. The molecule has 2 rings (SSSR count). The molecule has 0 aliphatic heterocycles. The predicted octanol–water partition coefficient (Wildman–Crippen LogP) is 3.91. The first kappa shape index (κ1) is 17.1. The topological polar surface area (TPSA) is 45.7 Å². The third kappa shape index (κ3) is 4.62. The zero-order chi connectivity index (χ0) is 16.1. The fourth-order valence-corrected chi connectivity index (χ4v) is 2.46. The van der Waals surface area contributed by atoms with E-state index in [9.17, 15) is 4.79 Å². The Balaban J connectivity index is 1.90. The highest BCUT2D eigenvalue weighted by molar-refractivity contribution is 6.44. The van der Waals surface area contributed by atoms with E-state index in [1.807, 2.05) is 36.5 Å². The SMILES string of the molecule is C[C@@H]([NH2+]CC(=O)Nc1cccc(Cl)c1Cl)c1ccc(Cl)cc1. The number of amides is 1. The van der Waals surface area contributed by atoms with Crippen molar-refractivity contribution >= 4 is 46.4 Å². The number of rotatable bonds is 5. The fraction of sp³-hybridized carbons (Fsp3) is 0.188. The molecule has 2 aromatic carbocycles. The van der Waals surface area contributed by atoms with Crippen LogP contribution in [0.2, 0.25) is 15.1 Å². The number of hydrogen-bond donors (Lipinski definition) is 2. The summed E-state index contributed by atoms with van der Waals surface area (Å²) in [7, 11) is 0. The van der Waals surface area contributed by atoms with E-state index in [2.05, 4.69) is 5.32 Å². The molecule has 0 aliphatic rings. The van der Waals surface area contributed by atoms with Crippen molar-refractivity contribution in [3.8, 4) is 0 Å². The van der Waals surface area contributed by atoms with Crippen LogP contribution in [0.3, 0.4) is 0 Å². The van der Waals surface area contributed by atoms with Crippen LogP contribution in [0.15, 0.2) is 42.5 Å². The van der Waals surface area contributed by atoms with Crippen molar-refractivity contribution in [3.63, 3.8) is 0 Å². The van der Waals surface area contributed by atoms with Crippen LogP contribution in [0.1, 0.15) is 18.5 Å². The van der Waals surface area contributed by atoms with Gasteiger partial charge in [-0.05, 0) is 31.2 Å². The van der Waals surface area contributed by atoms with Gasteiger partial charge in [0, 0.05) is 10.6 Å². The van der Waals surface area contributed by atoms with E-state index < -0.39 is 0 Å². The third-order valence-corrected chi connectivity index (χ3v) is 4.35. The van der Waals surface area contributed by atoms with Crippen LogP contribution in [-0.2, 0) is 4.79 Å². The van der Waals surface area contributed by atoms with Crippen LogP contribution in [0, 0.1) is 0 Å². The van der Waals surface area contributed by atoms with Gasteiger partial charge in [0.1, 0.15) is 6.04 Å². The van der Waals surface area contributed by atoms with Gasteiger partial charge in [-0.2, -0.15) is 0 Å². The molecule has 6 heteroatoms. The lowest BCUT2D eigenvalue weighted by molar-refractivity contribution is -0.682. The molecule has 0 radical (unpaired) electrons. The minimum atomic E-state index is -0.134. The van der Waals surface area contributed by atoms with Gasteiger partial charge in [0.2, 0.25) is 0 Å². The molecule has 22 heavy (non-hydrogen) atoms. The Kier molecular flexibility index (Phi) is 6.09. The number of nitrogens with one attached hydrogen (secondary N) is 1. The molecule has 0 bridgehead atoms. The van der Waals surface area contributed by atoms with E-state index in [1.165, 1.54) is 0 Å². The van der Waals surface area contributed by atoms with E-state index in [0.29, 0.717) is 20.8 Å². The van der Waals surface area contributed by atoms with Gasteiger partial charge in [0.25, 0.3) is 5.91 Å². The summed E-state index contributed by atoms with van der Waals surface area (Å²) in [5.41, 5.74) is 1.63. The Bertz CT molecular complexity index is 659. The third-order valence-electron chi connectivity index (χ3n) is 3.28. The normalized spacial score (nSPS) is 12.0. The maximum absolute atomic E-state index is 12.0. The fourth-order valence-electron chi connectivity index (χ4n) is 1.99. The van der Waals surface area contributed by atoms with E-state index in [-0.39, 0.29) is 18.5 Å². The molecule has 1 amide bonds. The monoisotopic (exact) mass is 357 g/mol. The first-order valence-electron chi connectivity index (χ1n) is 6.80. The Morgan fingerprint density at radius 3 is 2.50 bits per heavy atom. The van der Waals surface area contributed by atoms with Crippen LogP contribution in [0.4, 0.5) is 5.69 Å². The van der Waals surface area contributed by atoms with Crippen LogP contribution < -0.4 is 10.6 Å². The number of carbonyl (C=O) groups excluding carboxylic acids is 1. The zero-order valence-electron chi connectivity index (χ0n) is 11.9. The lowest BCUT2D eigenvalue weighted by Crippen LogP contribution is -2.86. The molecular formula is C16H16Cl3N2O+. The highest BCUT2D eigenvalue weighted by atomic mass is 35.5. The summed E-state index contributed by atoms with van der Waals surface area (Å²) in [5.74, 6) is -0.134. The molecule has 0 heterocycles. The van der Waals surface area contributed by atoms with Crippen LogP contribution in [0.25, 0.3) is 0 Å². The van der Waals surface area contributed by atoms with Crippen molar-refractivity contribution < 1.29 is 10.1 Å². The Morgan fingerprint density at radius 1 is 1.14 bits per heavy atom. The molecule has 3 N–H and O–H groups in total. The minimum Gasteiger partial charge on any atom is -0.333 e. The molecule has 0 aromatic heterocycles. The van der Waals surface area contributed by atoms with Crippen molar-refractivity contribution in [2.45, 2.75) is 13.0 Å². The number of benzene rings is 2. The minimum absolute atomic E-state index is 0.134. The first-order valence-corrected chi connectivity index (χ1v) is 7.93. The number of carbonyl (C=O) groups is 1. The van der Waals surface area contributed by atoms with Crippen molar-refractivity contribution in [3.05, 3.63) is 63.1 Å². The molecule has 0 saturated heterocycles. The highest BCUT2D eigenvalue weighted by Gasteiger charge is 2.13. The number of hydrogen-bond acceptors (Lipinski definition) is 1. The summed E-state index contributed by atoms with van der Waals surface area (Å²) >= 11 is 17.8. The summed E-state index contributed by atoms with van der Waals surface area (Å²) in [6.07, 6.45) is 0. The molecule has 0 fully saturated rings. The van der Waals surface area contributed by atoms with Gasteiger partial charge in [-0.1, -0.05) is 53.0 Å². The second-order valence-electron chi connectivity index (χ2n) is 4.93. The molecule has 3 nitrogen and oxygen atoms in total. The summed E-state index contributed by atoms with van der Waals surface area (Å²) in [6.45, 7) is 2.31. The molecule has 116 valence electrons. The van der Waals surface area contributed by atoms with E-state index in [0.717, 1.165) is 5.56 Å². The lowest BCUT2D eigenvalue weighted by atomic mass is 10.1. The van der Waals surface area contributed by atoms with Gasteiger partial charge in [-0.25, -0.2) is 0 Å². The summed E-state index contributed by atoms with van der Waals surface area (Å²) in [6, 6.07) is 12.9. The van der Waals surface area contributed by atoms with Crippen LogP contribution in [-0.4, -0.2) is 12.5 Å². The predicted molar refractivity (Wildman–Crippen MR) is 91.8 cm³/mol. The van der Waals surface area contributed by atoms with Crippen molar-refractivity contribution in [2.24, 2.45) is 0 Å². The highest BCUT2D eigenvalue weighted by Crippen LogP contribution is 2.29. The maximum atomic E-state index is 12.0. The Hall–Kier alpha value is -1.26. The largest absolute Gasteiger partial charge is 0.333 e. The van der Waals surface area contributed by atoms with Crippen molar-refractivity contribution in [1.29, 1.82) is 0 Å². The maximum Gasteiger partial charge on any atom is 0.279 e. The second-order valence-corrected chi connectivity index (χ2v) is 6.15. The average molecular weight is 359 g/mol. The van der Waals surface area contributed by atoms with E-state index in [1.54, 1.807) is 18.2 Å². The number of halogens is 3. The quantitative estimate of drug-likeness (QED) is 0.836. The zero-order valence-corrected chi connectivity index (χ0v) is 14.2. The average Bonchev–Trinajstić information content (AvgIpc) is 2.50. The summed E-state index contributed by atoms with van der Waals surface area (Å²) in [5, 5.41) is 6.16. The number of anilines is 1. The number of nitrogens with two attached hydrogens (primary N) is 1. The van der Waals surface area contributed by atoms with Gasteiger partial charge in [0.05, 0.1) is 15.7 Å². The standard InChI is InChI=1S/C16H15Cl3N2O/c1-10(11-5-7-12(17)8-6-11)20-9-15(22)21-14-4-2-3-13(18)16(14)19/h2-8,10,20H,9H2,1H3,(H,21,22)/p+1/t10-/m1/s1. The molecule has 0 aliphatic carbocycles. The lowest BCUT2D eigenvalue weighted by Gasteiger charge is -2.12. The second kappa shape index (κ2) is 7.84. The molecule has 2 aromatic rings. The molecule has 0 saturated carbocycles. The van der Waals surface area contributed by atoms with E-state index >= 15 is 0 Å². The van der Waals surface area contributed by atoms with Gasteiger partial charge in [0.15, 0.2) is 6.54 Å². The first-order chi connectivity index (χ1) is 10.5. The van der Waals surface area contributed by atoms with Gasteiger partial charge in [-0.15, -0.1) is 0 Å². The molecular weight excluding hydrogens is 343 g/mol. The molecule has 0 unspecified atom stereocenters. The number of quaternary nitrogens is 1. The van der Waals surface area contributed by atoms with Gasteiger partial charge < -0.3 is 10.6 Å². The summed E-state index contributed by atoms with van der Waals surface area (Å²) in [4.78, 5) is 12.0. The van der Waals surface area contributed by atoms with Crippen molar-refractivity contribution in [1.82, 2.24) is 0 Å².